The lowest BCUT2D eigenvalue weighted by Gasteiger charge is -2.03. The SMILES string of the molecule is CCCCC/C=C/C=C/CCCCCCCCC(=O)OCCCC. The van der Waals surface area contributed by atoms with Crippen molar-refractivity contribution in [1.29, 1.82) is 0 Å². The van der Waals surface area contributed by atoms with Crippen molar-refractivity contribution in [1.82, 2.24) is 0 Å². The summed E-state index contributed by atoms with van der Waals surface area (Å²) in [6, 6.07) is 0. The van der Waals surface area contributed by atoms with Crippen molar-refractivity contribution in [2.24, 2.45) is 0 Å². The molecule has 0 saturated heterocycles. The van der Waals surface area contributed by atoms with E-state index in [1.807, 2.05) is 0 Å². The summed E-state index contributed by atoms with van der Waals surface area (Å²) in [5.41, 5.74) is 0. The Morgan fingerprint density at radius 3 is 1.88 bits per heavy atom. The van der Waals surface area contributed by atoms with E-state index in [2.05, 4.69) is 38.2 Å². The number of allylic oxidation sites excluding steroid dienone is 4. The topological polar surface area (TPSA) is 26.3 Å². The van der Waals surface area contributed by atoms with Crippen LogP contribution in [0, 0.1) is 0 Å². The Balaban J connectivity index is 3.23. The molecule has 2 nitrogen and oxygen atoms in total. The Bertz CT molecular complexity index is 318. The minimum atomic E-state index is -0.0173. The Morgan fingerprint density at radius 2 is 1.25 bits per heavy atom. The van der Waals surface area contributed by atoms with Gasteiger partial charge in [0.15, 0.2) is 0 Å². The molecule has 24 heavy (non-hydrogen) atoms. The summed E-state index contributed by atoms with van der Waals surface area (Å²) in [4.78, 5) is 11.4. The average molecular weight is 337 g/mol. The Hall–Kier alpha value is -1.05. The molecule has 0 amide bonds. The van der Waals surface area contributed by atoms with Gasteiger partial charge < -0.3 is 4.74 Å². The maximum Gasteiger partial charge on any atom is 0.305 e. The fraction of sp³-hybridized carbons (Fsp3) is 0.773. The van der Waals surface area contributed by atoms with Crippen LogP contribution in [0.25, 0.3) is 0 Å². The van der Waals surface area contributed by atoms with Gasteiger partial charge in [-0.3, -0.25) is 4.79 Å². The first-order chi connectivity index (χ1) is 11.8. The third-order valence-corrected chi connectivity index (χ3v) is 4.12. The molecule has 0 aromatic heterocycles. The van der Waals surface area contributed by atoms with E-state index in [-0.39, 0.29) is 5.97 Å². The van der Waals surface area contributed by atoms with Gasteiger partial charge in [0.1, 0.15) is 0 Å². The van der Waals surface area contributed by atoms with Gasteiger partial charge in [-0.25, -0.2) is 0 Å². The number of ether oxygens (including phenoxy) is 1. The van der Waals surface area contributed by atoms with E-state index in [1.54, 1.807) is 0 Å². The zero-order chi connectivity index (χ0) is 17.7. The summed E-state index contributed by atoms with van der Waals surface area (Å²) in [5, 5.41) is 0. The molecule has 0 aliphatic carbocycles. The number of hydrogen-bond donors (Lipinski definition) is 0. The summed E-state index contributed by atoms with van der Waals surface area (Å²) in [5.74, 6) is -0.0173. The molecular weight excluding hydrogens is 296 g/mol. The van der Waals surface area contributed by atoms with Crippen LogP contribution in [0.5, 0.6) is 0 Å². The largest absolute Gasteiger partial charge is 0.466 e. The summed E-state index contributed by atoms with van der Waals surface area (Å²) < 4.78 is 5.15. The first kappa shape index (κ1) is 22.9. The smallest absolute Gasteiger partial charge is 0.305 e. The molecule has 0 atom stereocenters. The molecule has 0 bridgehead atoms. The quantitative estimate of drug-likeness (QED) is 0.160. The van der Waals surface area contributed by atoms with Gasteiger partial charge in [-0.15, -0.1) is 0 Å². The van der Waals surface area contributed by atoms with Crippen LogP contribution >= 0.6 is 0 Å². The van der Waals surface area contributed by atoms with Crippen molar-refractivity contribution >= 4 is 5.97 Å². The third kappa shape index (κ3) is 19.0. The molecule has 0 fully saturated rings. The number of hydrogen-bond acceptors (Lipinski definition) is 2. The van der Waals surface area contributed by atoms with Gasteiger partial charge in [0.25, 0.3) is 0 Å². The van der Waals surface area contributed by atoms with Crippen molar-refractivity contribution in [3.8, 4) is 0 Å². The summed E-state index contributed by atoms with van der Waals surface area (Å²) in [6.07, 6.45) is 25.2. The molecule has 0 aromatic carbocycles. The van der Waals surface area contributed by atoms with Crippen molar-refractivity contribution in [3.63, 3.8) is 0 Å². The van der Waals surface area contributed by atoms with Gasteiger partial charge in [0, 0.05) is 6.42 Å². The molecule has 0 N–H and O–H groups in total. The fourth-order valence-electron chi connectivity index (χ4n) is 2.50. The van der Waals surface area contributed by atoms with Gasteiger partial charge in [0.05, 0.1) is 6.61 Å². The van der Waals surface area contributed by atoms with Crippen LogP contribution in [0.15, 0.2) is 24.3 Å². The lowest BCUT2D eigenvalue weighted by Crippen LogP contribution is -2.05. The number of carbonyl (C=O) groups excluding carboxylic acids is 1. The first-order valence-electron chi connectivity index (χ1n) is 10.3. The van der Waals surface area contributed by atoms with Crippen LogP contribution in [0.1, 0.15) is 104 Å². The van der Waals surface area contributed by atoms with Gasteiger partial charge >= 0.3 is 5.97 Å². The standard InChI is InChI=1S/C22H40O2/c1-3-5-7-8-9-10-11-12-13-14-15-16-17-18-19-20-22(23)24-21-6-4-2/h9-12H,3-8,13-21H2,1-2H3/b10-9+,12-11+. The molecule has 0 aromatic rings. The van der Waals surface area contributed by atoms with Crippen LogP contribution in [-0.4, -0.2) is 12.6 Å². The summed E-state index contributed by atoms with van der Waals surface area (Å²) in [7, 11) is 0. The monoisotopic (exact) mass is 336 g/mol. The zero-order valence-corrected chi connectivity index (χ0v) is 16.2. The molecule has 0 aliphatic heterocycles. The zero-order valence-electron chi connectivity index (χ0n) is 16.2. The van der Waals surface area contributed by atoms with E-state index in [0.717, 1.165) is 25.7 Å². The molecule has 2 heteroatoms. The molecule has 0 radical (unpaired) electrons. The molecular formula is C22H40O2. The van der Waals surface area contributed by atoms with Gasteiger partial charge in [-0.1, -0.05) is 83.1 Å². The fourth-order valence-corrected chi connectivity index (χ4v) is 2.50. The second kappa shape index (κ2) is 20.0. The Labute approximate surface area is 150 Å². The van der Waals surface area contributed by atoms with E-state index in [4.69, 9.17) is 4.74 Å². The lowest BCUT2D eigenvalue weighted by molar-refractivity contribution is -0.143. The van der Waals surface area contributed by atoms with E-state index >= 15 is 0 Å². The van der Waals surface area contributed by atoms with Crippen LogP contribution < -0.4 is 0 Å². The highest BCUT2D eigenvalue weighted by atomic mass is 16.5. The highest BCUT2D eigenvalue weighted by Crippen LogP contribution is 2.09. The lowest BCUT2D eigenvalue weighted by atomic mass is 10.1. The second-order valence-corrected chi connectivity index (χ2v) is 6.59. The highest BCUT2D eigenvalue weighted by Gasteiger charge is 2.01. The highest BCUT2D eigenvalue weighted by molar-refractivity contribution is 5.69. The van der Waals surface area contributed by atoms with Gasteiger partial charge in [-0.05, 0) is 38.5 Å². The minimum absolute atomic E-state index is 0.0173. The van der Waals surface area contributed by atoms with Crippen molar-refractivity contribution < 1.29 is 9.53 Å². The number of rotatable bonds is 17. The third-order valence-electron chi connectivity index (χ3n) is 4.12. The van der Waals surface area contributed by atoms with E-state index in [1.165, 1.54) is 57.8 Å². The minimum Gasteiger partial charge on any atom is -0.466 e. The number of esters is 1. The first-order valence-corrected chi connectivity index (χ1v) is 10.3. The van der Waals surface area contributed by atoms with Gasteiger partial charge in [0.2, 0.25) is 0 Å². The second-order valence-electron chi connectivity index (χ2n) is 6.59. The van der Waals surface area contributed by atoms with E-state index in [9.17, 15) is 4.79 Å². The van der Waals surface area contributed by atoms with Crippen molar-refractivity contribution in [2.75, 3.05) is 6.61 Å². The molecule has 0 rings (SSSR count). The predicted octanol–water partition coefficient (Wildman–Crippen LogP) is 7.14. The van der Waals surface area contributed by atoms with Crippen molar-refractivity contribution in [2.45, 2.75) is 104 Å². The van der Waals surface area contributed by atoms with E-state index in [0.29, 0.717) is 13.0 Å². The molecule has 0 heterocycles. The van der Waals surface area contributed by atoms with Crippen LogP contribution in [0.3, 0.4) is 0 Å². The predicted molar refractivity (Wildman–Crippen MR) is 105 cm³/mol. The van der Waals surface area contributed by atoms with Crippen LogP contribution in [0.2, 0.25) is 0 Å². The summed E-state index contributed by atoms with van der Waals surface area (Å²) in [6.45, 7) is 4.94. The van der Waals surface area contributed by atoms with Crippen molar-refractivity contribution in [3.05, 3.63) is 24.3 Å². The Morgan fingerprint density at radius 1 is 0.708 bits per heavy atom. The maximum atomic E-state index is 11.4. The molecule has 0 saturated carbocycles. The molecule has 0 unspecified atom stereocenters. The molecule has 0 aliphatic rings. The summed E-state index contributed by atoms with van der Waals surface area (Å²) >= 11 is 0. The van der Waals surface area contributed by atoms with E-state index < -0.39 is 0 Å². The molecule has 140 valence electrons. The maximum absolute atomic E-state index is 11.4. The Kier molecular flexibility index (Phi) is 19.1. The molecule has 0 spiro atoms. The number of unbranched alkanes of at least 4 members (excludes halogenated alkanes) is 10. The normalized spacial score (nSPS) is 11.6. The van der Waals surface area contributed by atoms with Gasteiger partial charge in [-0.2, -0.15) is 0 Å². The number of carbonyl (C=O) groups is 1. The average Bonchev–Trinajstić information content (AvgIpc) is 2.58. The van der Waals surface area contributed by atoms with Crippen LogP contribution in [0.4, 0.5) is 0 Å². The van der Waals surface area contributed by atoms with Crippen LogP contribution in [-0.2, 0) is 9.53 Å².